The smallest absolute Gasteiger partial charge is 0.264 e. The fraction of sp³-hybridized carbons (Fsp3) is 0.333. The van der Waals surface area contributed by atoms with Crippen molar-refractivity contribution in [3.8, 4) is 5.75 Å². The van der Waals surface area contributed by atoms with Crippen molar-refractivity contribution in [2.45, 2.75) is 18.4 Å². The van der Waals surface area contributed by atoms with Gasteiger partial charge < -0.3 is 9.64 Å². The molecule has 1 aliphatic rings. The lowest BCUT2D eigenvalue weighted by Gasteiger charge is -2.25. The average Bonchev–Trinajstić information content (AvgIpc) is 2.72. The average molecular weight is 346 g/mol. The molecule has 2 aromatic carbocycles. The third kappa shape index (κ3) is 2.99. The highest BCUT2D eigenvalue weighted by molar-refractivity contribution is 7.92. The Kier molecular flexibility index (Phi) is 4.51. The van der Waals surface area contributed by atoms with E-state index in [2.05, 4.69) is 4.90 Å². The van der Waals surface area contributed by atoms with Crippen LogP contribution in [0.25, 0.3) is 0 Å². The first-order valence-electron chi connectivity index (χ1n) is 7.87. The third-order valence-corrected chi connectivity index (χ3v) is 6.31. The summed E-state index contributed by atoms with van der Waals surface area (Å²) >= 11 is 0. The Morgan fingerprint density at radius 3 is 2.54 bits per heavy atom. The topological polar surface area (TPSA) is 49.9 Å². The van der Waals surface area contributed by atoms with Gasteiger partial charge in [0, 0.05) is 19.6 Å². The second-order valence-electron chi connectivity index (χ2n) is 6.08. The number of methoxy groups -OCH3 is 1. The van der Waals surface area contributed by atoms with Crippen molar-refractivity contribution in [2.24, 2.45) is 0 Å². The van der Waals surface area contributed by atoms with Crippen molar-refractivity contribution in [3.63, 3.8) is 0 Å². The molecule has 1 heterocycles. The molecule has 0 N–H and O–H groups in total. The van der Waals surface area contributed by atoms with Gasteiger partial charge >= 0.3 is 0 Å². The molecule has 6 heteroatoms. The van der Waals surface area contributed by atoms with Crippen LogP contribution in [0.15, 0.2) is 47.4 Å². The van der Waals surface area contributed by atoms with E-state index in [1.165, 1.54) is 4.31 Å². The molecule has 5 nitrogen and oxygen atoms in total. The third-order valence-electron chi connectivity index (χ3n) is 4.34. The van der Waals surface area contributed by atoms with Gasteiger partial charge in [-0.2, -0.15) is 0 Å². The first-order valence-corrected chi connectivity index (χ1v) is 9.31. The van der Waals surface area contributed by atoms with Crippen molar-refractivity contribution in [1.29, 1.82) is 0 Å². The van der Waals surface area contributed by atoms with Crippen LogP contribution in [-0.2, 0) is 16.6 Å². The molecule has 2 aromatic rings. The Balaban J connectivity index is 2.10. The zero-order valence-electron chi connectivity index (χ0n) is 14.2. The number of hydrogen-bond acceptors (Lipinski definition) is 4. The second-order valence-corrected chi connectivity index (χ2v) is 7.91. The van der Waals surface area contributed by atoms with Gasteiger partial charge in [-0.1, -0.05) is 18.2 Å². The SMILES string of the molecule is COc1ccc(S(=O)(=O)N2CCN(C)Cc3ccccc32)c(C)c1. The van der Waals surface area contributed by atoms with Gasteiger partial charge in [0.2, 0.25) is 0 Å². The summed E-state index contributed by atoms with van der Waals surface area (Å²) in [5, 5.41) is 0. The number of benzene rings is 2. The van der Waals surface area contributed by atoms with Crippen LogP contribution in [0.3, 0.4) is 0 Å². The minimum absolute atomic E-state index is 0.322. The molecular weight excluding hydrogens is 324 g/mol. The molecule has 0 fully saturated rings. The van der Waals surface area contributed by atoms with Gasteiger partial charge in [0.25, 0.3) is 10.0 Å². The molecule has 0 radical (unpaired) electrons. The standard InChI is InChI=1S/C18H22N2O3S/c1-14-12-16(23-3)8-9-18(14)24(21,22)20-11-10-19(2)13-15-6-4-5-7-17(15)20/h4-9,12H,10-11,13H2,1-3H3. The fourth-order valence-electron chi connectivity index (χ4n) is 3.05. The van der Waals surface area contributed by atoms with E-state index in [-0.39, 0.29) is 0 Å². The Hall–Kier alpha value is -2.05. The lowest BCUT2D eigenvalue weighted by molar-refractivity contribution is 0.344. The predicted molar refractivity (Wildman–Crippen MR) is 95.0 cm³/mol. The first-order chi connectivity index (χ1) is 11.4. The fourth-order valence-corrected chi connectivity index (χ4v) is 4.75. The van der Waals surface area contributed by atoms with Crippen molar-refractivity contribution >= 4 is 15.7 Å². The van der Waals surface area contributed by atoms with Crippen LogP contribution in [0, 0.1) is 6.92 Å². The number of rotatable bonds is 3. The van der Waals surface area contributed by atoms with Crippen LogP contribution in [0.5, 0.6) is 5.75 Å². The summed E-state index contributed by atoms with van der Waals surface area (Å²) in [5.41, 5.74) is 2.47. The van der Waals surface area contributed by atoms with E-state index in [9.17, 15) is 8.42 Å². The quantitative estimate of drug-likeness (QED) is 0.857. The molecule has 3 rings (SSSR count). The van der Waals surface area contributed by atoms with E-state index >= 15 is 0 Å². The molecule has 0 unspecified atom stereocenters. The molecule has 0 aromatic heterocycles. The van der Waals surface area contributed by atoms with Crippen molar-refractivity contribution in [1.82, 2.24) is 4.90 Å². The van der Waals surface area contributed by atoms with E-state index < -0.39 is 10.0 Å². The van der Waals surface area contributed by atoms with E-state index in [4.69, 9.17) is 4.74 Å². The van der Waals surface area contributed by atoms with Crippen molar-refractivity contribution in [2.75, 3.05) is 31.6 Å². The number of nitrogens with zero attached hydrogens (tertiary/aromatic N) is 2. The molecule has 0 saturated carbocycles. The van der Waals surface area contributed by atoms with Crippen LogP contribution in [0.1, 0.15) is 11.1 Å². The zero-order valence-corrected chi connectivity index (χ0v) is 15.0. The zero-order chi connectivity index (χ0) is 17.3. The molecule has 0 aliphatic carbocycles. The summed E-state index contributed by atoms with van der Waals surface area (Å²) < 4.78 is 33.3. The molecule has 128 valence electrons. The van der Waals surface area contributed by atoms with Gasteiger partial charge in [0.05, 0.1) is 17.7 Å². The molecule has 0 bridgehead atoms. The highest BCUT2D eigenvalue weighted by atomic mass is 32.2. The lowest BCUT2D eigenvalue weighted by Crippen LogP contribution is -2.35. The first kappa shape index (κ1) is 16.8. The van der Waals surface area contributed by atoms with Gasteiger partial charge in [0.15, 0.2) is 0 Å². The molecule has 0 atom stereocenters. The minimum Gasteiger partial charge on any atom is -0.497 e. The van der Waals surface area contributed by atoms with E-state index in [0.717, 1.165) is 17.8 Å². The molecule has 24 heavy (non-hydrogen) atoms. The van der Waals surface area contributed by atoms with Crippen molar-refractivity contribution in [3.05, 3.63) is 53.6 Å². The number of fused-ring (bicyclic) bond motifs is 1. The van der Waals surface area contributed by atoms with Gasteiger partial charge in [-0.15, -0.1) is 0 Å². The molecule has 0 amide bonds. The van der Waals surface area contributed by atoms with Gasteiger partial charge in [-0.05, 0) is 49.4 Å². The summed E-state index contributed by atoms with van der Waals surface area (Å²) in [5.74, 6) is 0.655. The van der Waals surface area contributed by atoms with Crippen LogP contribution in [0.4, 0.5) is 5.69 Å². The second kappa shape index (κ2) is 6.45. The predicted octanol–water partition coefficient (Wildman–Crippen LogP) is 2.64. The molecule has 0 spiro atoms. The minimum atomic E-state index is -3.63. The monoisotopic (exact) mass is 346 g/mol. The van der Waals surface area contributed by atoms with Gasteiger partial charge in [0.1, 0.15) is 5.75 Å². The maximum Gasteiger partial charge on any atom is 0.264 e. The number of likely N-dealkylation sites (N-methyl/N-ethyl adjacent to an activating group) is 1. The van der Waals surface area contributed by atoms with Crippen LogP contribution < -0.4 is 9.04 Å². The summed E-state index contributed by atoms with van der Waals surface area (Å²) in [7, 11) is -0.0480. The summed E-state index contributed by atoms with van der Waals surface area (Å²) in [6, 6.07) is 12.8. The lowest BCUT2D eigenvalue weighted by atomic mass is 10.2. The van der Waals surface area contributed by atoms with E-state index in [1.807, 2.05) is 31.3 Å². The molecule has 1 aliphatic heterocycles. The number of para-hydroxylation sites is 1. The molecule has 0 saturated heterocycles. The largest absolute Gasteiger partial charge is 0.497 e. The number of ether oxygens (including phenoxy) is 1. The Bertz CT molecular complexity index is 849. The van der Waals surface area contributed by atoms with Gasteiger partial charge in [-0.25, -0.2) is 8.42 Å². The number of sulfonamides is 1. The Labute approximate surface area is 143 Å². The van der Waals surface area contributed by atoms with Gasteiger partial charge in [-0.3, -0.25) is 4.31 Å². The normalized spacial score (nSPS) is 15.7. The van der Waals surface area contributed by atoms with E-state index in [1.54, 1.807) is 32.2 Å². The summed E-state index contributed by atoms with van der Waals surface area (Å²) in [6.45, 7) is 3.65. The Morgan fingerprint density at radius 1 is 1.08 bits per heavy atom. The summed E-state index contributed by atoms with van der Waals surface area (Å²) in [4.78, 5) is 2.46. The number of aryl methyl sites for hydroxylation is 1. The van der Waals surface area contributed by atoms with E-state index in [0.29, 0.717) is 29.3 Å². The number of anilines is 1. The van der Waals surface area contributed by atoms with Crippen molar-refractivity contribution < 1.29 is 13.2 Å². The Morgan fingerprint density at radius 2 is 1.83 bits per heavy atom. The van der Waals surface area contributed by atoms with Crippen LogP contribution in [-0.4, -0.2) is 40.6 Å². The highest BCUT2D eigenvalue weighted by Crippen LogP contribution is 2.31. The van der Waals surface area contributed by atoms with Crippen LogP contribution in [0.2, 0.25) is 0 Å². The van der Waals surface area contributed by atoms with Crippen LogP contribution >= 0.6 is 0 Å². The molecular formula is C18H22N2O3S. The summed E-state index contributed by atoms with van der Waals surface area (Å²) in [6.07, 6.45) is 0. The highest BCUT2D eigenvalue weighted by Gasteiger charge is 2.30. The maximum atomic E-state index is 13.3. The maximum absolute atomic E-state index is 13.3. The number of hydrogen-bond donors (Lipinski definition) is 0.